The maximum absolute atomic E-state index is 11.7. The van der Waals surface area contributed by atoms with Crippen LogP contribution < -0.4 is 10.6 Å². The van der Waals surface area contributed by atoms with Gasteiger partial charge < -0.3 is 15.4 Å². The first kappa shape index (κ1) is 15.1. The van der Waals surface area contributed by atoms with E-state index in [-0.39, 0.29) is 18.4 Å². The molecule has 108 valence electrons. The van der Waals surface area contributed by atoms with Crippen LogP contribution >= 0.6 is 23.2 Å². The third kappa shape index (κ3) is 4.10. The lowest BCUT2D eigenvalue weighted by Crippen LogP contribution is -2.39. The average molecular weight is 317 g/mol. The monoisotopic (exact) mass is 316 g/mol. The van der Waals surface area contributed by atoms with Gasteiger partial charge in [0.1, 0.15) is 6.10 Å². The van der Waals surface area contributed by atoms with Crippen LogP contribution in [-0.4, -0.2) is 31.1 Å². The first-order valence-electron chi connectivity index (χ1n) is 6.20. The molecule has 0 aromatic heterocycles. The molecule has 1 heterocycles. The van der Waals surface area contributed by atoms with Crippen molar-refractivity contribution in [1.82, 2.24) is 5.32 Å². The molecule has 20 heavy (non-hydrogen) atoms. The number of carbonyl (C=O) groups is 2. The number of hydrogen-bond acceptors (Lipinski definition) is 3. The summed E-state index contributed by atoms with van der Waals surface area (Å²) in [5, 5.41) is 5.92. The summed E-state index contributed by atoms with van der Waals surface area (Å²) >= 11 is 11.6. The molecule has 0 saturated carbocycles. The van der Waals surface area contributed by atoms with Gasteiger partial charge in [0, 0.05) is 12.3 Å². The van der Waals surface area contributed by atoms with Gasteiger partial charge >= 0.3 is 0 Å². The topological polar surface area (TPSA) is 67.4 Å². The van der Waals surface area contributed by atoms with E-state index in [1.54, 1.807) is 18.2 Å². The zero-order valence-electron chi connectivity index (χ0n) is 10.6. The molecular weight excluding hydrogens is 303 g/mol. The van der Waals surface area contributed by atoms with E-state index in [1.807, 2.05) is 0 Å². The van der Waals surface area contributed by atoms with Crippen LogP contribution in [0.3, 0.4) is 0 Å². The van der Waals surface area contributed by atoms with Crippen LogP contribution in [0, 0.1) is 0 Å². The SMILES string of the molecule is O=C(CNC(=O)C1CCCO1)Nc1ccc(Cl)c(Cl)c1. The molecule has 0 radical (unpaired) electrons. The Kier molecular flexibility index (Phi) is 5.23. The Hall–Kier alpha value is -1.30. The smallest absolute Gasteiger partial charge is 0.249 e. The largest absolute Gasteiger partial charge is 0.368 e. The van der Waals surface area contributed by atoms with Crippen LogP contribution in [0.4, 0.5) is 5.69 Å². The zero-order valence-corrected chi connectivity index (χ0v) is 12.1. The molecule has 5 nitrogen and oxygen atoms in total. The van der Waals surface area contributed by atoms with Crippen LogP contribution in [0.1, 0.15) is 12.8 Å². The molecule has 1 aromatic rings. The fourth-order valence-electron chi connectivity index (χ4n) is 1.84. The second kappa shape index (κ2) is 6.92. The van der Waals surface area contributed by atoms with Crippen molar-refractivity contribution in [3.8, 4) is 0 Å². The van der Waals surface area contributed by atoms with E-state index in [2.05, 4.69) is 10.6 Å². The highest BCUT2D eigenvalue weighted by Gasteiger charge is 2.23. The molecule has 1 aromatic carbocycles. The van der Waals surface area contributed by atoms with E-state index in [4.69, 9.17) is 27.9 Å². The van der Waals surface area contributed by atoms with Gasteiger partial charge in [0.05, 0.1) is 16.6 Å². The van der Waals surface area contributed by atoms with E-state index in [9.17, 15) is 9.59 Å². The highest BCUT2D eigenvalue weighted by Crippen LogP contribution is 2.24. The summed E-state index contributed by atoms with van der Waals surface area (Å²) in [6.07, 6.45) is 1.13. The highest BCUT2D eigenvalue weighted by molar-refractivity contribution is 6.42. The minimum atomic E-state index is -0.437. The molecular formula is C13H14Cl2N2O3. The summed E-state index contributed by atoms with van der Waals surface area (Å²) in [6.45, 7) is 0.479. The van der Waals surface area contributed by atoms with Crippen molar-refractivity contribution in [2.24, 2.45) is 0 Å². The third-order valence-electron chi connectivity index (χ3n) is 2.85. The van der Waals surface area contributed by atoms with Crippen molar-refractivity contribution < 1.29 is 14.3 Å². The maximum Gasteiger partial charge on any atom is 0.249 e. The molecule has 0 spiro atoms. The molecule has 0 aliphatic carbocycles. The Morgan fingerprint density at radius 2 is 2.10 bits per heavy atom. The summed E-state index contributed by atoms with van der Waals surface area (Å²) in [5.74, 6) is -0.596. The number of benzene rings is 1. The van der Waals surface area contributed by atoms with Gasteiger partial charge in [0.2, 0.25) is 11.8 Å². The summed E-state index contributed by atoms with van der Waals surface area (Å²) in [5.41, 5.74) is 0.524. The molecule has 1 aliphatic rings. The predicted octanol–water partition coefficient (Wildman–Crippen LogP) is 2.23. The number of rotatable bonds is 4. The summed E-state index contributed by atoms with van der Waals surface area (Å²) < 4.78 is 5.22. The number of halogens is 2. The fourth-order valence-corrected chi connectivity index (χ4v) is 2.14. The van der Waals surface area contributed by atoms with Crippen LogP contribution in [0.15, 0.2) is 18.2 Å². The lowest BCUT2D eigenvalue weighted by molar-refractivity contribution is -0.131. The van der Waals surface area contributed by atoms with Gasteiger partial charge in [-0.25, -0.2) is 0 Å². The molecule has 2 amide bonds. The minimum Gasteiger partial charge on any atom is -0.368 e. The summed E-state index contributed by atoms with van der Waals surface area (Å²) in [4.78, 5) is 23.3. The number of anilines is 1. The molecule has 1 saturated heterocycles. The van der Waals surface area contributed by atoms with Crippen LogP contribution in [0.2, 0.25) is 10.0 Å². The summed E-state index contributed by atoms with van der Waals surface area (Å²) in [6, 6.07) is 4.77. The first-order chi connectivity index (χ1) is 9.56. The van der Waals surface area contributed by atoms with E-state index in [0.717, 1.165) is 6.42 Å². The number of nitrogens with one attached hydrogen (secondary N) is 2. The minimum absolute atomic E-state index is 0.112. The Morgan fingerprint density at radius 1 is 1.30 bits per heavy atom. The van der Waals surface area contributed by atoms with Gasteiger partial charge in [-0.3, -0.25) is 9.59 Å². The van der Waals surface area contributed by atoms with Crippen molar-refractivity contribution in [2.75, 3.05) is 18.5 Å². The molecule has 1 atom stereocenters. The molecule has 1 aliphatic heterocycles. The standard InChI is InChI=1S/C13H14Cl2N2O3/c14-9-4-3-8(6-10(9)15)17-12(18)7-16-13(19)11-2-1-5-20-11/h3-4,6,11H,1-2,5,7H2,(H,16,19)(H,17,18). The quantitative estimate of drug-likeness (QED) is 0.895. The second-order valence-corrected chi connectivity index (χ2v) is 5.21. The van der Waals surface area contributed by atoms with Gasteiger partial charge in [0.15, 0.2) is 0 Å². The van der Waals surface area contributed by atoms with Crippen LogP contribution in [-0.2, 0) is 14.3 Å². The predicted molar refractivity (Wildman–Crippen MR) is 77.1 cm³/mol. The van der Waals surface area contributed by atoms with Crippen LogP contribution in [0.25, 0.3) is 0 Å². The molecule has 1 fully saturated rings. The Bertz CT molecular complexity index is 516. The average Bonchev–Trinajstić information content (AvgIpc) is 2.94. The van der Waals surface area contributed by atoms with E-state index in [1.165, 1.54) is 0 Å². The number of hydrogen-bond donors (Lipinski definition) is 2. The van der Waals surface area contributed by atoms with Crippen molar-refractivity contribution >= 4 is 40.7 Å². The van der Waals surface area contributed by atoms with Crippen LogP contribution in [0.5, 0.6) is 0 Å². The normalized spacial score (nSPS) is 17.8. The maximum atomic E-state index is 11.7. The Morgan fingerprint density at radius 3 is 2.75 bits per heavy atom. The van der Waals surface area contributed by atoms with Gasteiger partial charge in [-0.1, -0.05) is 23.2 Å². The first-order valence-corrected chi connectivity index (χ1v) is 6.96. The molecule has 2 rings (SSSR count). The van der Waals surface area contributed by atoms with Gasteiger partial charge in [-0.15, -0.1) is 0 Å². The molecule has 1 unspecified atom stereocenters. The lowest BCUT2D eigenvalue weighted by Gasteiger charge is -2.10. The number of ether oxygens (including phenoxy) is 1. The van der Waals surface area contributed by atoms with E-state index < -0.39 is 6.10 Å². The molecule has 0 bridgehead atoms. The zero-order chi connectivity index (χ0) is 14.5. The van der Waals surface area contributed by atoms with E-state index >= 15 is 0 Å². The second-order valence-electron chi connectivity index (χ2n) is 4.40. The van der Waals surface area contributed by atoms with Crippen molar-refractivity contribution in [1.29, 1.82) is 0 Å². The lowest BCUT2D eigenvalue weighted by atomic mass is 10.2. The van der Waals surface area contributed by atoms with Crippen molar-refractivity contribution in [3.05, 3.63) is 28.2 Å². The summed E-state index contributed by atoms with van der Waals surface area (Å²) in [7, 11) is 0. The fraction of sp³-hybridized carbons (Fsp3) is 0.385. The van der Waals surface area contributed by atoms with Crippen molar-refractivity contribution in [3.63, 3.8) is 0 Å². The third-order valence-corrected chi connectivity index (χ3v) is 3.59. The van der Waals surface area contributed by atoms with Crippen molar-refractivity contribution in [2.45, 2.75) is 18.9 Å². The molecule has 2 N–H and O–H groups in total. The Labute approximate surface area is 126 Å². The van der Waals surface area contributed by atoms with Gasteiger partial charge in [0.25, 0.3) is 0 Å². The van der Waals surface area contributed by atoms with E-state index in [0.29, 0.717) is 28.8 Å². The Balaban J connectivity index is 1.80. The molecule has 7 heteroatoms. The number of amides is 2. The highest BCUT2D eigenvalue weighted by atomic mass is 35.5. The van der Waals surface area contributed by atoms with Gasteiger partial charge in [-0.2, -0.15) is 0 Å². The van der Waals surface area contributed by atoms with Gasteiger partial charge in [-0.05, 0) is 31.0 Å². The number of carbonyl (C=O) groups excluding carboxylic acids is 2.